The van der Waals surface area contributed by atoms with Crippen molar-refractivity contribution in [2.45, 2.75) is 13.0 Å². The highest BCUT2D eigenvalue weighted by molar-refractivity contribution is 7.17. The van der Waals surface area contributed by atoms with Crippen molar-refractivity contribution >= 4 is 44.0 Å². The van der Waals surface area contributed by atoms with E-state index in [9.17, 15) is 4.79 Å². The fraction of sp³-hybridized carbons (Fsp3) is 0.0769. The third kappa shape index (κ3) is 2.65. The van der Waals surface area contributed by atoms with E-state index in [1.165, 1.54) is 16.3 Å². The third-order valence-electron chi connectivity index (χ3n) is 5.82. The summed E-state index contributed by atoms with van der Waals surface area (Å²) in [7, 11) is 0. The second-order valence-corrected chi connectivity index (χ2v) is 8.43. The van der Waals surface area contributed by atoms with Crippen LogP contribution in [-0.4, -0.2) is 9.55 Å². The molecule has 0 aliphatic carbocycles. The molecule has 0 saturated heterocycles. The molecule has 1 aliphatic rings. The molecule has 0 N–H and O–H groups in total. The molecule has 3 nitrogen and oxygen atoms in total. The first kappa shape index (κ1) is 17.4. The molecule has 2 aromatic heterocycles. The molecule has 3 heterocycles. The maximum Gasteiger partial charge on any atom is 0.263 e. The van der Waals surface area contributed by atoms with E-state index in [0.717, 1.165) is 39.2 Å². The van der Waals surface area contributed by atoms with E-state index in [0.29, 0.717) is 6.54 Å². The third-order valence-corrected chi connectivity index (χ3v) is 6.70. The predicted octanol–water partition coefficient (Wildman–Crippen LogP) is 6.22. The minimum absolute atomic E-state index is 0.0661. The van der Waals surface area contributed by atoms with Crippen LogP contribution in [-0.2, 0) is 6.54 Å². The fourth-order valence-electron chi connectivity index (χ4n) is 4.35. The van der Waals surface area contributed by atoms with Crippen LogP contribution in [0.1, 0.15) is 17.8 Å². The fourth-order valence-corrected chi connectivity index (χ4v) is 5.29. The normalized spacial score (nSPS) is 14.6. The highest BCUT2D eigenvalue weighted by atomic mass is 32.1. The molecule has 0 saturated carbocycles. The van der Waals surface area contributed by atoms with Crippen molar-refractivity contribution < 1.29 is 0 Å². The molecule has 0 spiro atoms. The van der Waals surface area contributed by atoms with Gasteiger partial charge in [-0.2, -0.15) is 0 Å². The quantitative estimate of drug-likeness (QED) is 0.349. The van der Waals surface area contributed by atoms with Crippen LogP contribution in [0.2, 0.25) is 0 Å². The zero-order valence-electron chi connectivity index (χ0n) is 16.2. The number of hydrogen-bond donors (Lipinski definition) is 0. The first-order valence-electron chi connectivity index (χ1n) is 10.1. The van der Waals surface area contributed by atoms with E-state index in [4.69, 9.17) is 4.98 Å². The van der Waals surface area contributed by atoms with Gasteiger partial charge in [0, 0.05) is 17.5 Å². The van der Waals surface area contributed by atoms with E-state index in [1.807, 2.05) is 34.9 Å². The molecule has 30 heavy (non-hydrogen) atoms. The summed E-state index contributed by atoms with van der Waals surface area (Å²) in [6.07, 6.45) is 3.02. The zero-order chi connectivity index (χ0) is 20.1. The summed E-state index contributed by atoms with van der Waals surface area (Å²) in [6, 6.07) is 24.8. The van der Waals surface area contributed by atoms with Crippen molar-refractivity contribution in [1.29, 1.82) is 0 Å². The average molecular weight is 407 g/mol. The maximum absolute atomic E-state index is 13.4. The maximum atomic E-state index is 13.4. The summed E-state index contributed by atoms with van der Waals surface area (Å²) in [4.78, 5) is 19.1. The average Bonchev–Trinajstić information content (AvgIpc) is 3.40. The summed E-state index contributed by atoms with van der Waals surface area (Å²) in [5, 5.41) is 5.23. The number of hydrogen-bond acceptors (Lipinski definition) is 3. The van der Waals surface area contributed by atoms with Crippen LogP contribution in [0.3, 0.4) is 0 Å². The van der Waals surface area contributed by atoms with E-state index in [1.54, 1.807) is 11.3 Å². The van der Waals surface area contributed by atoms with Gasteiger partial charge in [-0.1, -0.05) is 72.8 Å². The van der Waals surface area contributed by atoms with Crippen molar-refractivity contribution in [2.24, 2.45) is 0 Å². The molecule has 0 bridgehead atoms. The van der Waals surface area contributed by atoms with E-state index >= 15 is 0 Å². The molecule has 0 radical (unpaired) electrons. The van der Waals surface area contributed by atoms with Gasteiger partial charge in [-0.05, 0) is 40.0 Å². The van der Waals surface area contributed by atoms with Crippen molar-refractivity contribution in [3.05, 3.63) is 99.9 Å². The number of allylic oxidation sites excluding steroid dienone is 1. The van der Waals surface area contributed by atoms with Crippen molar-refractivity contribution in [2.75, 3.05) is 0 Å². The van der Waals surface area contributed by atoms with Crippen LogP contribution < -0.4 is 5.56 Å². The Morgan fingerprint density at radius 3 is 2.63 bits per heavy atom. The number of aromatic nitrogens is 2. The van der Waals surface area contributed by atoms with Crippen LogP contribution in [0, 0.1) is 0 Å². The topological polar surface area (TPSA) is 34.9 Å². The Balaban J connectivity index is 1.53. The first-order valence-corrected chi connectivity index (χ1v) is 10.9. The van der Waals surface area contributed by atoms with Crippen molar-refractivity contribution in [3.8, 4) is 11.1 Å². The lowest BCUT2D eigenvalue weighted by Crippen LogP contribution is -2.20. The molecule has 0 unspecified atom stereocenters. The second-order valence-electron chi connectivity index (χ2n) is 7.58. The summed E-state index contributed by atoms with van der Waals surface area (Å²) in [5.74, 6) is 0.807. The van der Waals surface area contributed by atoms with Gasteiger partial charge in [0.15, 0.2) is 0 Å². The number of nitrogens with zero attached hydrogens (tertiary/aromatic N) is 2. The van der Waals surface area contributed by atoms with Gasteiger partial charge in [0.05, 0.1) is 5.39 Å². The Labute approximate surface area is 177 Å². The minimum atomic E-state index is 0.0661. The molecule has 5 aromatic rings. The smallest absolute Gasteiger partial charge is 0.263 e. The van der Waals surface area contributed by atoms with Crippen molar-refractivity contribution in [1.82, 2.24) is 9.55 Å². The molecule has 3 aromatic carbocycles. The molecule has 0 atom stereocenters. The molecular formula is C26H18N2OS. The Hall–Kier alpha value is -3.50. The van der Waals surface area contributed by atoms with Crippen LogP contribution in [0.15, 0.2) is 83.0 Å². The van der Waals surface area contributed by atoms with E-state index in [2.05, 4.69) is 53.9 Å². The Morgan fingerprint density at radius 1 is 0.933 bits per heavy atom. The standard InChI is InChI=1S/C26H18N2OS/c29-26-23-22(18-7-2-1-3-8-18)16-30-25(23)27-24-20(13-14-28(24)26)15-19-11-6-10-17-9-4-5-12-21(17)19/h1-12,15-16H,13-14H2/b20-15+. The van der Waals surface area contributed by atoms with Gasteiger partial charge in [0.2, 0.25) is 0 Å². The Kier molecular flexibility index (Phi) is 3.93. The van der Waals surface area contributed by atoms with Crippen LogP contribution in [0.5, 0.6) is 0 Å². The van der Waals surface area contributed by atoms with Gasteiger partial charge >= 0.3 is 0 Å². The van der Waals surface area contributed by atoms with E-state index in [-0.39, 0.29) is 5.56 Å². The number of benzene rings is 3. The summed E-state index contributed by atoms with van der Waals surface area (Å²) in [6.45, 7) is 0.678. The van der Waals surface area contributed by atoms with Gasteiger partial charge in [-0.3, -0.25) is 9.36 Å². The monoisotopic (exact) mass is 406 g/mol. The van der Waals surface area contributed by atoms with Crippen LogP contribution in [0.25, 0.3) is 43.8 Å². The second kappa shape index (κ2) is 6.78. The highest BCUT2D eigenvalue weighted by Gasteiger charge is 2.23. The molecule has 1 aliphatic heterocycles. The molecule has 0 fully saturated rings. The molecule has 144 valence electrons. The molecule has 4 heteroatoms. The summed E-state index contributed by atoms with van der Waals surface area (Å²) < 4.78 is 1.85. The number of thiophene rings is 1. The van der Waals surface area contributed by atoms with Gasteiger partial charge in [0.25, 0.3) is 5.56 Å². The van der Waals surface area contributed by atoms with E-state index < -0.39 is 0 Å². The SMILES string of the molecule is O=c1c2c(-c3ccccc3)csc2nc2n1CC/C2=C\c1cccc2ccccc12. The largest absolute Gasteiger partial charge is 0.292 e. The Morgan fingerprint density at radius 2 is 1.73 bits per heavy atom. The highest BCUT2D eigenvalue weighted by Crippen LogP contribution is 2.34. The van der Waals surface area contributed by atoms with Crippen molar-refractivity contribution in [3.63, 3.8) is 0 Å². The first-order chi connectivity index (χ1) is 14.8. The lowest BCUT2D eigenvalue weighted by atomic mass is 10.0. The zero-order valence-corrected chi connectivity index (χ0v) is 17.0. The lowest BCUT2D eigenvalue weighted by Gasteiger charge is -2.06. The predicted molar refractivity (Wildman–Crippen MR) is 126 cm³/mol. The molecule has 6 rings (SSSR count). The van der Waals surface area contributed by atoms with Gasteiger partial charge in [-0.25, -0.2) is 4.98 Å². The summed E-state index contributed by atoms with van der Waals surface area (Å²) >= 11 is 1.55. The Bertz CT molecular complexity index is 1500. The van der Waals surface area contributed by atoms with Crippen LogP contribution in [0.4, 0.5) is 0 Å². The van der Waals surface area contributed by atoms with Crippen LogP contribution >= 0.6 is 11.3 Å². The summed E-state index contributed by atoms with van der Waals surface area (Å²) in [5.41, 5.74) is 4.40. The van der Waals surface area contributed by atoms with Gasteiger partial charge in [-0.15, -0.1) is 11.3 Å². The van der Waals surface area contributed by atoms with Gasteiger partial charge in [0.1, 0.15) is 10.7 Å². The van der Waals surface area contributed by atoms with Gasteiger partial charge < -0.3 is 0 Å². The lowest BCUT2D eigenvalue weighted by molar-refractivity contribution is 0.726. The minimum Gasteiger partial charge on any atom is -0.292 e. The number of fused-ring (bicyclic) bond motifs is 3. The molecular weight excluding hydrogens is 388 g/mol. The number of rotatable bonds is 2. The molecule has 0 amide bonds.